The standard InChI is InChI=1S/C22H20N2O2S/c1-15-8-9-17(22(26)23-18-6-4-3-5-7-18)14-20(15)24-21(25)16-10-12-19(27-2)13-11-16/h3-14H,1-2H3,(H,23,26)(H,24,25). The quantitative estimate of drug-likeness (QED) is 0.600. The van der Waals surface area contributed by atoms with Crippen LogP contribution in [0.3, 0.4) is 0 Å². The smallest absolute Gasteiger partial charge is 0.255 e. The van der Waals surface area contributed by atoms with Crippen LogP contribution in [-0.2, 0) is 0 Å². The van der Waals surface area contributed by atoms with Crippen molar-refractivity contribution in [2.24, 2.45) is 0 Å². The predicted molar refractivity (Wildman–Crippen MR) is 112 cm³/mol. The van der Waals surface area contributed by atoms with Crippen LogP contribution in [0.5, 0.6) is 0 Å². The van der Waals surface area contributed by atoms with Crippen LogP contribution in [0.4, 0.5) is 11.4 Å². The molecule has 0 aliphatic carbocycles. The van der Waals surface area contributed by atoms with Gasteiger partial charge in [0.25, 0.3) is 11.8 Å². The Kier molecular flexibility index (Phi) is 5.94. The normalized spacial score (nSPS) is 10.3. The van der Waals surface area contributed by atoms with E-state index in [-0.39, 0.29) is 11.8 Å². The van der Waals surface area contributed by atoms with Crippen LogP contribution in [0, 0.1) is 6.92 Å². The molecule has 0 heterocycles. The molecule has 0 spiro atoms. The van der Waals surface area contributed by atoms with E-state index in [1.54, 1.807) is 36.0 Å². The maximum absolute atomic E-state index is 12.5. The van der Waals surface area contributed by atoms with Gasteiger partial charge in [-0.05, 0) is 67.3 Å². The summed E-state index contributed by atoms with van der Waals surface area (Å²) in [6.07, 6.45) is 1.99. The highest BCUT2D eigenvalue weighted by Crippen LogP contribution is 2.20. The summed E-state index contributed by atoms with van der Waals surface area (Å²) in [7, 11) is 0. The zero-order valence-electron chi connectivity index (χ0n) is 15.2. The number of para-hydroxylation sites is 1. The number of hydrogen-bond donors (Lipinski definition) is 2. The Labute approximate surface area is 163 Å². The van der Waals surface area contributed by atoms with Crippen molar-refractivity contribution < 1.29 is 9.59 Å². The molecular formula is C22H20N2O2S. The number of rotatable bonds is 5. The third-order valence-electron chi connectivity index (χ3n) is 4.13. The van der Waals surface area contributed by atoms with Gasteiger partial charge in [0.1, 0.15) is 0 Å². The SMILES string of the molecule is CSc1ccc(C(=O)Nc2cc(C(=O)Nc3ccccc3)ccc2C)cc1. The van der Waals surface area contributed by atoms with E-state index in [0.29, 0.717) is 16.8 Å². The fourth-order valence-electron chi connectivity index (χ4n) is 2.56. The van der Waals surface area contributed by atoms with Gasteiger partial charge in [-0.2, -0.15) is 0 Å². The summed E-state index contributed by atoms with van der Waals surface area (Å²) in [5, 5.41) is 5.75. The molecular weight excluding hydrogens is 356 g/mol. The molecule has 2 amide bonds. The molecule has 2 N–H and O–H groups in total. The average molecular weight is 376 g/mol. The second-order valence-corrected chi connectivity index (χ2v) is 6.91. The highest BCUT2D eigenvalue weighted by atomic mass is 32.2. The molecule has 3 aromatic carbocycles. The van der Waals surface area contributed by atoms with Crippen molar-refractivity contribution in [1.29, 1.82) is 0 Å². The molecule has 0 aromatic heterocycles. The minimum atomic E-state index is -0.221. The van der Waals surface area contributed by atoms with Crippen LogP contribution in [0.2, 0.25) is 0 Å². The minimum Gasteiger partial charge on any atom is -0.322 e. The van der Waals surface area contributed by atoms with Gasteiger partial charge < -0.3 is 10.6 Å². The van der Waals surface area contributed by atoms with Gasteiger partial charge in [0, 0.05) is 27.4 Å². The molecule has 0 aliphatic heterocycles. The molecule has 5 heteroatoms. The van der Waals surface area contributed by atoms with Crippen molar-refractivity contribution in [3.8, 4) is 0 Å². The van der Waals surface area contributed by atoms with Crippen molar-refractivity contribution >= 4 is 35.0 Å². The Morgan fingerprint density at radius 1 is 0.778 bits per heavy atom. The van der Waals surface area contributed by atoms with Crippen LogP contribution in [0.15, 0.2) is 77.7 Å². The molecule has 27 heavy (non-hydrogen) atoms. The van der Waals surface area contributed by atoms with Crippen LogP contribution in [0.25, 0.3) is 0 Å². The molecule has 0 unspecified atom stereocenters. The third kappa shape index (κ3) is 4.77. The van der Waals surface area contributed by atoms with Crippen LogP contribution >= 0.6 is 11.8 Å². The summed E-state index contributed by atoms with van der Waals surface area (Å²) in [6, 6.07) is 21.9. The monoisotopic (exact) mass is 376 g/mol. The molecule has 0 saturated heterocycles. The number of hydrogen-bond acceptors (Lipinski definition) is 3. The summed E-state index contributed by atoms with van der Waals surface area (Å²) in [5.74, 6) is -0.424. The fraction of sp³-hybridized carbons (Fsp3) is 0.0909. The van der Waals surface area contributed by atoms with Gasteiger partial charge in [-0.25, -0.2) is 0 Å². The lowest BCUT2D eigenvalue weighted by atomic mass is 10.1. The zero-order valence-corrected chi connectivity index (χ0v) is 16.0. The van der Waals surface area contributed by atoms with Gasteiger partial charge in [0.05, 0.1) is 0 Å². The van der Waals surface area contributed by atoms with Gasteiger partial charge in [-0.3, -0.25) is 9.59 Å². The van der Waals surface area contributed by atoms with E-state index in [2.05, 4.69) is 10.6 Å². The number of benzene rings is 3. The largest absolute Gasteiger partial charge is 0.322 e. The molecule has 0 atom stereocenters. The van der Waals surface area contributed by atoms with E-state index in [9.17, 15) is 9.59 Å². The second kappa shape index (κ2) is 8.56. The predicted octanol–water partition coefficient (Wildman–Crippen LogP) is 5.22. The van der Waals surface area contributed by atoms with Gasteiger partial charge in [-0.15, -0.1) is 11.8 Å². The number of carbonyl (C=O) groups excluding carboxylic acids is 2. The van der Waals surface area contributed by atoms with Crippen LogP contribution in [-0.4, -0.2) is 18.1 Å². The first kappa shape index (κ1) is 18.7. The lowest BCUT2D eigenvalue weighted by Gasteiger charge is -2.11. The van der Waals surface area contributed by atoms with Crippen molar-refractivity contribution in [3.63, 3.8) is 0 Å². The van der Waals surface area contributed by atoms with E-state index < -0.39 is 0 Å². The molecule has 0 saturated carbocycles. The average Bonchev–Trinajstić information content (AvgIpc) is 2.70. The second-order valence-electron chi connectivity index (χ2n) is 6.03. The third-order valence-corrected chi connectivity index (χ3v) is 4.88. The van der Waals surface area contributed by atoms with E-state index in [1.807, 2.05) is 61.7 Å². The Bertz CT molecular complexity index is 954. The highest BCUT2D eigenvalue weighted by molar-refractivity contribution is 7.98. The summed E-state index contributed by atoms with van der Waals surface area (Å²) < 4.78 is 0. The summed E-state index contributed by atoms with van der Waals surface area (Å²) in [5.41, 5.74) is 3.29. The highest BCUT2D eigenvalue weighted by Gasteiger charge is 2.12. The molecule has 0 fully saturated rings. The van der Waals surface area contributed by atoms with E-state index in [4.69, 9.17) is 0 Å². The number of anilines is 2. The number of carbonyl (C=O) groups is 2. The molecule has 136 valence electrons. The van der Waals surface area contributed by atoms with E-state index >= 15 is 0 Å². The zero-order chi connectivity index (χ0) is 19.2. The Morgan fingerprint density at radius 3 is 2.07 bits per heavy atom. The van der Waals surface area contributed by atoms with Crippen LogP contribution in [0.1, 0.15) is 26.3 Å². The first-order valence-corrected chi connectivity index (χ1v) is 9.72. The maximum Gasteiger partial charge on any atom is 0.255 e. The summed E-state index contributed by atoms with van der Waals surface area (Å²) in [6.45, 7) is 1.89. The lowest BCUT2D eigenvalue weighted by molar-refractivity contribution is 0.101. The minimum absolute atomic E-state index is 0.202. The number of thioether (sulfide) groups is 1. The lowest BCUT2D eigenvalue weighted by Crippen LogP contribution is -2.15. The first-order chi connectivity index (χ1) is 13.1. The Morgan fingerprint density at radius 2 is 1.41 bits per heavy atom. The number of amides is 2. The fourth-order valence-corrected chi connectivity index (χ4v) is 2.97. The Hall–Kier alpha value is -3.05. The molecule has 3 rings (SSSR count). The number of nitrogens with one attached hydrogen (secondary N) is 2. The molecule has 3 aromatic rings. The molecule has 0 radical (unpaired) electrons. The maximum atomic E-state index is 12.5. The topological polar surface area (TPSA) is 58.2 Å². The van der Waals surface area contributed by atoms with E-state index in [1.165, 1.54) is 0 Å². The van der Waals surface area contributed by atoms with Crippen molar-refractivity contribution in [2.45, 2.75) is 11.8 Å². The van der Waals surface area contributed by atoms with Crippen molar-refractivity contribution in [1.82, 2.24) is 0 Å². The summed E-state index contributed by atoms with van der Waals surface area (Å²) in [4.78, 5) is 26.1. The van der Waals surface area contributed by atoms with Gasteiger partial charge >= 0.3 is 0 Å². The molecule has 4 nitrogen and oxygen atoms in total. The van der Waals surface area contributed by atoms with Gasteiger partial charge in [0.15, 0.2) is 0 Å². The van der Waals surface area contributed by atoms with Crippen molar-refractivity contribution in [2.75, 3.05) is 16.9 Å². The molecule has 0 bridgehead atoms. The van der Waals surface area contributed by atoms with Crippen LogP contribution < -0.4 is 10.6 Å². The Balaban J connectivity index is 1.76. The molecule has 0 aliphatic rings. The van der Waals surface area contributed by atoms with Gasteiger partial charge in [-0.1, -0.05) is 24.3 Å². The number of aryl methyl sites for hydroxylation is 1. The van der Waals surface area contributed by atoms with Crippen molar-refractivity contribution in [3.05, 3.63) is 89.5 Å². The summed E-state index contributed by atoms with van der Waals surface area (Å²) >= 11 is 1.63. The van der Waals surface area contributed by atoms with Gasteiger partial charge in [0.2, 0.25) is 0 Å². The first-order valence-electron chi connectivity index (χ1n) is 8.49. The van der Waals surface area contributed by atoms with E-state index in [0.717, 1.165) is 16.1 Å².